The normalized spacial score (nSPS) is 11.6. The quantitative estimate of drug-likeness (QED) is 0.144. The monoisotopic (exact) mass is 724 g/mol. The first-order valence-corrected chi connectivity index (χ1v) is 18.0. The molecule has 0 saturated carbocycles. The van der Waals surface area contributed by atoms with Crippen molar-refractivity contribution in [2.24, 2.45) is 0 Å². The Kier molecular flexibility index (Phi) is 8.71. The minimum absolute atomic E-state index is 0.324. The third-order valence-electron chi connectivity index (χ3n) is 10.1. The third-order valence-corrected chi connectivity index (χ3v) is 10.1. The molecular formula is C49H32F4N2. The molecule has 0 radical (unpaired) electrons. The SMILES string of the molecule is Fc1ccc(N(c2ccc(F)cc2)c2ccc(-c3ccc4c(c3)-c3cc(-c5ccc(N(c6ccc(F)cc6)c6ccc(F)cc6)cc5)ccc3C4)cc2)cc1. The van der Waals surface area contributed by atoms with E-state index in [9.17, 15) is 17.6 Å². The van der Waals surface area contributed by atoms with Crippen LogP contribution in [-0.4, -0.2) is 0 Å². The van der Waals surface area contributed by atoms with Crippen LogP contribution in [0.15, 0.2) is 182 Å². The van der Waals surface area contributed by atoms with Gasteiger partial charge in [-0.3, -0.25) is 0 Å². The van der Waals surface area contributed by atoms with E-state index in [1.165, 1.54) is 70.8 Å². The summed E-state index contributed by atoms with van der Waals surface area (Å²) in [7, 11) is 0. The highest BCUT2D eigenvalue weighted by atomic mass is 19.1. The predicted octanol–water partition coefficient (Wildman–Crippen LogP) is 14.1. The number of hydrogen-bond donors (Lipinski definition) is 0. The summed E-state index contributed by atoms with van der Waals surface area (Å²) in [5, 5.41) is 0. The summed E-state index contributed by atoms with van der Waals surface area (Å²) < 4.78 is 55.3. The third kappa shape index (κ3) is 6.75. The Balaban J connectivity index is 1.01. The molecule has 0 atom stereocenters. The highest BCUT2D eigenvalue weighted by Gasteiger charge is 2.21. The number of rotatable bonds is 8. The molecule has 0 unspecified atom stereocenters. The Labute approximate surface area is 316 Å². The van der Waals surface area contributed by atoms with Crippen molar-refractivity contribution in [3.8, 4) is 33.4 Å². The van der Waals surface area contributed by atoms with E-state index in [1.54, 1.807) is 48.5 Å². The summed E-state index contributed by atoms with van der Waals surface area (Å²) in [6.07, 6.45) is 0.859. The smallest absolute Gasteiger partial charge is 0.123 e. The van der Waals surface area contributed by atoms with Gasteiger partial charge in [-0.15, -0.1) is 0 Å². The first-order valence-electron chi connectivity index (χ1n) is 18.0. The summed E-state index contributed by atoms with van der Waals surface area (Å²) in [6.45, 7) is 0. The van der Waals surface area contributed by atoms with Crippen LogP contribution in [0.25, 0.3) is 33.4 Å². The van der Waals surface area contributed by atoms with Crippen LogP contribution in [0.4, 0.5) is 51.7 Å². The van der Waals surface area contributed by atoms with Gasteiger partial charge in [0.2, 0.25) is 0 Å². The topological polar surface area (TPSA) is 6.48 Å². The molecule has 0 bridgehead atoms. The molecule has 0 heterocycles. The molecule has 0 amide bonds. The van der Waals surface area contributed by atoms with Gasteiger partial charge in [0.25, 0.3) is 0 Å². The average molecular weight is 725 g/mol. The fraction of sp³-hybridized carbons (Fsp3) is 0.0204. The van der Waals surface area contributed by atoms with Crippen molar-refractivity contribution in [3.63, 3.8) is 0 Å². The Bertz CT molecular complexity index is 2340. The van der Waals surface area contributed by atoms with Gasteiger partial charge in [0, 0.05) is 34.1 Å². The van der Waals surface area contributed by atoms with Crippen LogP contribution < -0.4 is 9.80 Å². The van der Waals surface area contributed by atoms with Gasteiger partial charge in [0.15, 0.2) is 0 Å². The molecular weight excluding hydrogens is 693 g/mol. The zero-order valence-electron chi connectivity index (χ0n) is 29.4. The number of hydrogen-bond acceptors (Lipinski definition) is 2. The first-order chi connectivity index (χ1) is 26.9. The van der Waals surface area contributed by atoms with E-state index in [-0.39, 0.29) is 23.3 Å². The Hall–Kier alpha value is -6.92. The lowest BCUT2D eigenvalue weighted by atomic mass is 9.96. The lowest BCUT2D eigenvalue weighted by Gasteiger charge is -2.25. The van der Waals surface area contributed by atoms with E-state index in [1.807, 2.05) is 34.1 Å². The van der Waals surface area contributed by atoms with E-state index >= 15 is 0 Å². The highest BCUT2D eigenvalue weighted by Crippen LogP contribution is 2.43. The minimum atomic E-state index is -0.324. The molecule has 0 aliphatic heterocycles. The minimum Gasteiger partial charge on any atom is -0.310 e. The maximum Gasteiger partial charge on any atom is 0.123 e. The van der Waals surface area contributed by atoms with Crippen molar-refractivity contribution in [3.05, 3.63) is 216 Å². The second-order valence-electron chi connectivity index (χ2n) is 13.6. The van der Waals surface area contributed by atoms with Gasteiger partial charge in [-0.05, 0) is 184 Å². The van der Waals surface area contributed by atoms with Crippen LogP contribution in [0.3, 0.4) is 0 Å². The van der Waals surface area contributed by atoms with Crippen LogP contribution >= 0.6 is 0 Å². The summed E-state index contributed by atoms with van der Waals surface area (Å²) in [4.78, 5) is 3.94. The van der Waals surface area contributed by atoms with Gasteiger partial charge in [0.05, 0.1) is 0 Å². The molecule has 6 heteroatoms. The zero-order chi connectivity index (χ0) is 37.5. The van der Waals surface area contributed by atoms with Gasteiger partial charge in [-0.25, -0.2) is 17.6 Å². The molecule has 8 aromatic carbocycles. The van der Waals surface area contributed by atoms with E-state index in [0.717, 1.165) is 62.8 Å². The summed E-state index contributed by atoms with van der Waals surface area (Å²) in [5.41, 5.74) is 14.0. The number of fused-ring (bicyclic) bond motifs is 3. The number of benzene rings is 8. The largest absolute Gasteiger partial charge is 0.310 e. The second-order valence-corrected chi connectivity index (χ2v) is 13.6. The van der Waals surface area contributed by atoms with Crippen LogP contribution in [0.5, 0.6) is 0 Å². The Morgan fingerprint density at radius 1 is 0.273 bits per heavy atom. The fourth-order valence-corrected chi connectivity index (χ4v) is 7.39. The van der Waals surface area contributed by atoms with Crippen molar-refractivity contribution in [1.82, 2.24) is 0 Å². The maximum absolute atomic E-state index is 13.8. The summed E-state index contributed by atoms with van der Waals surface area (Å²) in [6, 6.07) is 54.7. The molecule has 266 valence electrons. The van der Waals surface area contributed by atoms with Gasteiger partial charge >= 0.3 is 0 Å². The van der Waals surface area contributed by atoms with Crippen molar-refractivity contribution in [2.75, 3.05) is 9.80 Å². The van der Waals surface area contributed by atoms with E-state index < -0.39 is 0 Å². The van der Waals surface area contributed by atoms with Crippen molar-refractivity contribution < 1.29 is 17.6 Å². The summed E-state index contributed by atoms with van der Waals surface area (Å²) in [5.74, 6) is -1.30. The van der Waals surface area contributed by atoms with Crippen LogP contribution in [0, 0.1) is 23.3 Å². The van der Waals surface area contributed by atoms with Crippen molar-refractivity contribution in [1.29, 1.82) is 0 Å². The zero-order valence-corrected chi connectivity index (χ0v) is 29.4. The number of nitrogens with zero attached hydrogens (tertiary/aromatic N) is 2. The van der Waals surface area contributed by atoms with Gasteiger partial charge in [0.1, 0.15) is 23.3 Å². The molecule has 0 saturated heterocycles. The average Bonchev–Trinajstić information content (AvgIpc) is 3.59. The van der Waals surface area contributed by atoms with Crippen molar-refractivity contribution in [2.45, 2.75) is 6.42 Å². The molecule has 8 aromatic rings. The lowest BCUT2D eigenvalue weighted by Crippen LogP contribution is -2.09. The maximum atomic E-state index is 13.8. The van der Waals surface area contributed by atoms with E-state index in [2.05, 4.69) is 60.7 Å². The number of halogens is 4. The van der Waals surface area contributed by atoms with Crippen LogP contribution in [0.2, 0.25) is 0 Å². The van der Waals surface area contributed by atoms with E-state index in [4.69, 9.17) is 0 Å². The molecule has 1 aliphatic rings. The number of anilines is 6. The molecule has 0 aromatic heterocycles. The van der Waals surface area contributed by atoms with Gasteiger partial charge in [-0.1, -0.05) is 48.5 Å². The molecule has 0 N–H and O–H groups in total. The molecule has 55 heavy (non-hydrogen) atoms. The molecule has 9 rings (SSSR count). The van der Waals surface area contributed by atoms with E-state index in [0.29, 0.717) is 0 Å². The summed E-state index contributed by atoms with van der Waals surface area (Å²) >= 11 is 0. The predicted molar refractivity (Wildman–Crippen MR) is 215 cm³/mol. The van der Waals surface area contributed by atoms with Crippen LogP contribution in [0.1, 0.15) is 11.1 Å². The molecule has 0 fully saturated rings. The second kappa shape index (κ2) is 14.1. The lowest BCUT2D eigenvalue weighted by molar-refractivity contribution is 0.627. The first kappa shape index (κ1) is 33.9. The van der Waals surface area contributed by atoms with Crippen LogP contribution in [-0.2, 0) is 6.42 Å². The van der Waals surface area contributed by atoms with Gasteiger partial charge in [-0.2, -0.15) is 0 Å². The van der Waals surface area contributed by atoms with Gasteiger partial charge < -0.3 is 9.80 Å². The molecule has 2 nitrogen and oxygen atoms in total. The fourth-order valence-electron chi connectivity index (χ4n) is 7.39. The molecule has 1 aliphatic carbocycles. The standard InChI is InChI=1S/C49H32F4N2/c50-38-9-21-44(22-10-38)54(45-23-11-39(51)12-24-45)42-17-5-32(6-18-42)34-1-3-36-29-37-4-2-35(31-49(37)48(36)30-34)33-7-19-43(20-8-33)55(46-25-13-40(52)14-26-46)47-27-15-41(53)16-28-47/h1-28,30-31H,29H2. The highest BCUT2D eigenvalue weighted by molar-refractivity contribution is 5.86. The van der Waals surface area contributed by atoms with Crippen molar-refractivity contribution >= 4 is 34.1 Å². The Morgan fingerprint density at radius 3 is 0.782 bits per heavy atom. The Morgan fingerprint density at radius 2 is 0.509 bits per heavy atom. The molecule has 0 spiro atoms.